The minimum atomic E-state index is -1.22. The molecule has 0 amide bonds. The smallest absolute Gasteiger partial charge is 0.358 e. The van der Waals surface area contributed by atoms with Gasteiger partial charge in [0.05, 0.1) is 13.2 Å². The molecule has 0 radical (unpaired) electrons. The van der Waals surface area contributed by atoms with Crippen LogP contribution < -0.4 is 4.74 Å². The van der Waals surface area contributed by atoms with Crippen molar-refractivity contribution in [2.45, 2.75) is 6.54 Å². The molecule has 0 bridgehead atoms. The van der Waals surface area contributed by atoms with Gasteiger partial charge in [0, 0.05) is 28.0 Å². The maximum atomic E-state index is 11.9. The largest absolute Gasteiger partial charge is 0.476 e. The number of rotatable bonds is 7. The molecule has 2 aromatic heterocycles. The number of aliphatic hydroxyl groups excluding tert-OH is 1. The fourth-order valence-corrected chi connectivity index (χ4v) is 2.96. The highest BCUT2D eigenvalue weighted by Crippen LogP contribution is 2.30. The summed E-state index contributed by atoms with van der Waals surface area (Å²) in [5.74, 6) is -0.957. The van der Waals surface area contributed by atoms with Gasteiger partial charge in [0.25, 0.3) is 0 Å². The average molecular weight is 408 g/mol. The molecule has 0 aliphatic heterocycles. The van der Waals surface area contributed by atoms with Crippen molar-refractivity contribution in [1.29, 1.82) is 0 Å². The number of carboxylic acids is 1. The van der Waals surface area contributed by atoms with Crippen molar-refractivity contribution >= 4 is 29.2 Å². The molecule has 0 aliphatic carbocycles. The molecule has 3 aromatic rings. The van der Waals surface area contributed by atoms with E-state index < -0.39 is 5.97 Å². The van der Waals surface area contributed by atoms with E-state index in [1.165, 1.54) is 4.57 Å². The van der Waals surface area contributed by atoms with E-state index >= 15 is 0 Å². The Morgan fingerprint density at radius 3 is 2.74 bits per heavy atom. The van der Waals surface area contributed by atoms with Crippen LogP contribution in [0.2, 0.25) is 10.0 Å². The van der Waals surface area contributed by atoms with Gasteiger partial charge < -0.3 is 19.5 Å². The first-order valence-electron chi connectivity index (χ1n) is 7.93. The SMILES string of the molecule is O=C(O)c1c(OCCO)nc(-c2cccnc2)n1Cc1cc(Cl)ccc1Cl. The summed E-state index contributed by atoms with van der Waals surface area (Å²) in [5.41, 5.74) is 1.08. The van der Waals surface area contributed by atoms with Crippen LogP contribution >= 0.6 is 23.2 Å². The van der Waals surface area contributed by atoms with Crippen LogP contribution in [0.1, 0.15) is 16.1 Å². The number of carboxylic acid groups (broad SMARTS) is 1. The van der Waals surface area contributed by atoms with Crippen molar-refractivity contribution in [2.24, 2.45) is 0 Å². The zero-order valence-electron chi connectivity index (χ0n) is 14.0. The average Bonchev–Trinajstić information content (AvgIpc) is 3.02. The van der Waals surface area contributed by atoms with Gasteiger partial charge in [0.15, 0.2) is 5.69 Å². The molecule has 0 aliphatic rings. The Labute approximate surface area is 164 Å². The minimum Gasteiger partial charge on any atom is -0.476 e. The molecular formula is C18H15Cl2N3O4. The summed E-state index contributed by atoms with van der Waals surface area (Å²) in [6, 6.07) is 8.43. The van der Waals surface area contributed by atoms with Gasteiger partial charge in [-0.1, -0.05) is 23.2 Å². The number of imidazole rings is 1. The second-order valence-electron chi connectivity index (χ2n) is 5.53. The fraction of sp³-hybridized carbons (Fsp3) is 0.167. The van der Waals surface area contributed by atoms with E-state index in [9.17, 15) is 9.90 Å². The Balaban J connectivity index is 2.17. The van der Waals surface area contributed by atoms with E-state index in [0.29, 0.717) is 27.0 Å². The highest BCUT2D eigenvalue weighted by Gasteiger charge is 2.25. The first-order chi connectivity index (χ1) is 13.0. The molecule has 0 saturated heterocycles. The third-order valence-electron chi connectivity index (χ3n) is 3.72. The molecule has 0 atom stereocenters. The van der Waals surface area contributed by atoms with Gasteiger partial charge in [-0.15, -0.1) is 0 Å². The highest BCUT2D eigenvalue weighted by molar-refractivity contribution is 6.33. The lowest BCUT2D eigenvalue weighted by molar-refractivity contribution is 0.0678. The second-order valence-corrected chi connectivity index (χ2v) is 6.37. The number of aromatic carboxylic acids is 1. The first-order valence-corrected chi connectivity index (χ1v) is 8.68. The predicted molar refractivity (Wildman–Crippen MR) is 101 cm³/mol. The fourth-order valence-electron chi connectivity index (χ4n) is 2.58. The van der Waals surface area contributed by atoms with Crippen LogP contribution in [0.3, 0.4) is 0 Å². The van der Waals surface area contributed by atoms with Gasteiger partial charge >= 0.3 is 5.97 Å². The van der Waals surface area contributed by atoms with E-state index in [-0.39, 0.29) is 31.3 Å². The third kappa shape index (κ3) is 4.21. The highest BCUT2D eigenvalue weighted by atomic mass is 35.5. The van der Waals surface area contributed by atoms with E-state index in [1.54, 1.807) is 42.7 Å². The van der Waals surface area contributed by atoms with E-state index in [1.807, 2.05) is 0 Å². The molecule has 140 valence electrons. The molecule has 7 nitrogen and oxygen atoms in total. The number of pyridine rings is 1. The number of aliphatic hydroxyl groups is 1. The normalized spacial score (nSPS) is 10.8. The number of hydrogen-bond donors (Lipinski definition) is 2. The maximum absolute atomic E-state index is 11.9. The number of hydrogen-bond acceptors (Lipinski definition) is 5. The van der Waals surface area contributed by atoms with Gasteiger partial charge in [0.2, 0.25) is 5.88 Å². The molecular weight excluding hydrogens is 393 g/mol. The Bertz CT molecular complexity index is 961. The van der Waals surface area contributed by atoms with Crippen LogP contribution in [-0.4, -0.2) is 43.9 Å². The first kappa shape index (κ1) is 19.2. The maximum Gasteiger partial charge on any atom is 0.358 e. The number of aromatic nitrogens is 3. The van der Waals surface area contributed by atoms with Crippen molar-refractivity contribution in [3.63, 3.8) is 0 Å². The molecule has 1 aromatic carbocycles. The molecule has 27 heavy (non-hydrogen) atoms. The molecule has 0 spiro atoms. The monoisotopic (exact) mass is 407 g/mol. The van der Waals surface area contributed by atoms with Gasteiger partial charge in [-0.2, -0.15) is 4.98 Å². The minimum absolute atomic E-state index is 0.0817. The van der Waals surface area contributed by atoms with Crippen LogP contribution in [-0.2, 0) is 6.54 Å². The van der Waals surface area contributed by atoms with Crippen LogP contribution in [0.15, 0.2) is 42.7 Å². The summed E-state index contributed by atoms with van der Waals surface area (Å²) < 4.78 is 6.82. The van der Waals surface area contributed by atoms with Crippen LogP contribution in [0.25, 0.3) is 11.4 Å². The van der Waals surface area contributed by atoms with Crippen LogP contribution in [0, 0.1) is 0 Å². The Morgan fingerprint density at radius 1 is 1.26 bits per heavy atom. The van der Waals surface area contributed by atoms with Crippen molar-refractivity contribution < 1.29 is 19.7 Å². The third-order valence-corrected chi connectivity index (χ3v) is 4.33. The molecule has 9 heteroatoms. The number of halogens is 2. The second kappa shape index (κ2) is 8.39. The van der Waals surface area contributed by atoms with Crippen molar-refractivity contribution in [2.75, 3.05) is 13.2 Å². The lowest BCUT2D eigenvalue weighted by Crippen LogP contribution is -2.13. The number of benzene rings is 1. The van der Waals surface area contributed by atoms with Crippen molar-refractivity contribution in [1.82, 2.24) is 14.5 Å². The molecule has 3 rings (SSSR count). The Hall–Kier alpha value is -2.61. The zero-order valence-corrected chi connectivity index (χ0v) is 15.5. The lowest BCUT2D eigenvalue weighted by atomic mass is 10.2. The topological polar surface area (TPSA) is 97.5 Å². The summed E-state index contributed by atoms with van der Waals surface area (Å²) in [5, 5.41) is 19.7. The number of nitrogens with zero attached hydrogens (tertiary/aromatic N) is 3. The van der Waals surface area contributed by atoms with E-state index in [0.717, 1.165) is 0 Å². The van der Waals surface area contributed by atoms with Crippen molar-refractivity contribution in [3.05, 3.63) is 64.0 Å². The summed E-state index contributed by atoms with van der Waals surface area (Å²) >= 11 is 12.3. The summed E-state index contributed by atoms with van der Waals surface area (Å²) in [6.45, 7) is -0.239. The number of ether oxygens (including phenoxy) is 1. The van der Waals surface area contributed by atoms with Crippen LogP contribution in [0.4, 0.5) is 0 Å². The van der Waals surface area contributed by atoms with Gasteiger partial charge in [-0.25, -0.2) is 4.79 Å². The molecule has 0 unspecified atom stereocenters. The van der Waals surface area contributed by atoms with Crippen molar-refractivity contribution in [3.8, 4) is 17.3 Å². The van der Waals surface area contributed by atoms with Gasteiger partial charge in [-0.05, 0) is 35.9 Å². The van der Waals surface area contributed by atoms with E-state index in [2.05, 4.69) is 9.97 Å². The van der Waals surface area contributed by atoms with E-state index in [4.69, 9.17) is 33.0 Å². The standard InChI is InChI=1S/C18H15Cl2N3O4/c19-13-3-4-14(20)12(8-13)10-23-15(18(25)26)17(27-7-6-24)22-16(23)11-2-1-5-21-9-11/h1-5,8-9,24H,6-7,10H2,(H,25,26). The predicted octanol–water partition coefficient (Wildman–Crippen LogP) is 3.37. The number of carbonyl (C=O) groups is 1. The Kier molecular flexibility index (Phi) is 5.95. The molecule has 0 saturated carbocycles. The summed E-state index contributed by atoms with van der Waals surface area (Å²) in [7, 11) is 0. The quantitative estimate of drug-likeness (QED) is 0.622. The van der Waals surface area contributed by atoms with Crippen LogP contribution in [0.5, 0.6) is 5.88 Å². The Morgan fingerprint density at radius 2 is 2.07 bits per heavy atom. The lowest BCUT2D eigenvalue weighted by Gasteiger charge is -2.12. The molecule has 2 heterocycles. The van der Waals surface area contributed by atoms with Gasteiger partial charge in [-0.3, -0.25) is 4.98 Å². The molecule has 2 N–H and O–H groups in total. The molecule has 0 fully saturated rings. The zero-order chi connectivity index (χ0) is 19.4. The van der Waals surface area contributed by atoms with Gasteiger partial charge in [0.1, 0.15) is 12.4 Å². The summed E-state index contributed by atoms with van der Waals surface area (Å²) in [6.07, 6.45) is 3.17. The summed E-state index contributed by atoms with van der Waals surface area (Å²) in [4.78, 5) is 20.3.